The third kappa shape index (κ3) is 6.20. The van der Waals surface area contributed by atoms with Crippen molar-refractivity contribution in [3.63, 3.8) is 0 Å². The van der Waals surface area contributed by atoms with Gasteiger partial charge in [0, 0.05) is 23.4 Å². The zero-order chi connectivity index (χ0) is 19.7. The van der Waals surface area contributed by atoms with Crippen LogP contribution in [0.25, 0.3) is 22.6 Å². The first kappa shape index (κ1) is 29.8. The molecule has 0 unspecified atom stereocenters. The molecule has 1 saturated heterocycles. The van der Waals surface area contributed by atoms with Crippen LogP contribution in [0.2, 0.25) is 0 Å². The molecule has 0 amide bonds. The number of nitrogens with one attached hydrogen (secondary N) is 1. The van der Waals surface area contributed by atoms with Gasteiger partial charge in [0.2, 0.25) is 5.95 Å². The number of rotatable bonds is 3. The molecule has 13 heteroatoms. The minimum absolute atomic E-state index is 0. The topological polar surface area (TPSA) is 136 Å². The van der Waals surface area contributed by atoms with Gasteiger partial charge in [0.15, 0.2) is 11.6 Å². The van der Waals surface area contributed by atoms with E-state index >= 15 is 0 Å². The molecule has 0 spiro atoms. The Labute approximate surface area is 209 Å². The van der Waals surface area contributed by atoms with Crippen LogP contribution in [0.3, 0.4) is 0 Å². The second kappa shape index (κ2) is 12.8. The Morgan fingerprint density at radius 2 is 1.62 bits per heavy atom. The molecule has 0 saturated carbocycles. The van der Waals surface area contributed by atoms with Gasteiger partial charge in [-0.15, -0.1) is 49.6 Å². The molecule has 4 rings (SSSR count). The lowest BCUT2D eigenvalue weighted by atomic mass is 9.94. The molecule has 0 aliphatic carbocycles. The minimum atomic E-state index is -0.663. The van der Waals surface area contributed by atoms with Crippen molar-refractivity contribution in [3.8, 4) is 28.4 Å². The summed E-state index contributed by atoms with van der Waals surface area (Å²) in [5, 5.41) is 13.7. The van der Waals surface area contributed by atoms with E-state index in [1.165, 1.54) is 24.4 Å². The molecule has 0 bridgehead atoms. The summed E-state index contributed by atoms with van der Waals surface area (Å²) in [5.41, 5.74) is 13.4. The van der Waals surface area contributed by atoms with Gasteiger partial charge in [-0.2, -0.15) is 0 Å². The van der Waals surface area contributed by atoms with Gasteiger partial charge in [-0.25, -0.2) is 24.3 Å². The molecule has 6 N–H and O–H groups in total. The van der Waals surface area contributed by atoms with Crippen molar-refractivity contribution in [1.29, 1.82) is 0 Å². The Balaban J connectivity index is 0.00000240. The number of pyridine rings is 2. The average Bonchev–Trinajstić information content (AvgIpc) is 2.71. The zero-order valence-corrected chi connectivity index (χ0v) is 20.0. The van der Waals surface area contributed by atoms with E-state index in [1.807, 2.05) is 0 Å². The van der Waals surface area contributed by atoms with Gasteiger partial charge in [-0.05, 0) is 50.2 Å². The third-order valence-corrected chi connectivity index (χ3v) is 4.83. The number of hydrogen-bond donors (Lipinski definition) is 4. The lowest BCUT2D eigenvalue weighted by Gasteiger charge is -2.22. The van der Waals surface area contributed by atoms with E-state index in [2.05, 4.69) is 25.3 Å². The minimum Gasteiger partial charge on any atom is -0.506 e. The summed E-state index contributed by atoms with van der Waals surface area (Å²) in [4.78, 5) is 16.7. The first-order chi connectivity index (χ1) is 13.5. The number of anilines is 2. The number of aromatic nitrogens is 4. The summed E-state index contributed by atoms with van der Waals surface area (Å²) < 4.78 is 14.4. The molecular weight excluding hydrogens is 503 g/mol. The molecular formula is C19H24Cl4FN7O. The summed E-state index contributed by atoms with van der Waals surface area (Å²) in [6, 6.07) is 6.21. The predicted molar refractivity (Wildman–Crippen MR) is 133 cm³/mol. The van der Waals surface area contributed by atoms with Crippen LogP contribution < -0.4 is 16.8 Å². The van der Waals surface area contributed by atoms with E-state index in [0.29, 0.717) is 11.4 Å². The van der Waals surface area contributed by atoms with Gasteiger partial charge < -0.3 is 21.9 Å². The van der Waals surface area contributed by atoms with Crippen LogP contribution in [-0.4, -0.2) is 38.1 Å². The number of nitrogens with two attached hydrogens (primary N) is 2. The number of piperidine rings is 1. The quantitative estimate of drug-likeness (QED) is 0.405. The van der Waals surface area contributed by atoms with Crippen LogP contribution in [0.4, 0.5) is 16.2 Å². The van der Waals surface area contributed by atoms with Crippen LogP contribution in [-0.2, 0) is 0 Å². The lowest BCUT2D eigenvalue weighted by Crippen LogP contribution is -2.27. The van der Waals surface area contributed by atoms with Gasteiger partial charge in [-0.3, -0.25) is 0 Å². The average molecular weight is 527 g/mol. The molecule has 4 heterocycles. The molecule has 0 aromatic carbocycles. The highest BCUT2D eigenvalue weighted by Gasteiger charge is 2.20. The normalized spacial score (nSPS) is 13.0. The Hall–Kier alpha value is -2.17. The molecule has 3 aromatic rings. The molecule has 1 aliphatic heterocycles. The van der Waals surface area contributed by atoms with Gasteiger partial charge in [0.1, 0.15) is 11.4 Å². The third-order valence-electron chi connectivity index (χ3n) is 4.83. The maximum absolute atomic E-state index is 14.4. The monoisotopic (exact) mass is 525 g/mol. The Morgan fingerprint density at radius 1 is 0.938 bits per heavy atom. The summed E-state index contributed by atoms with van der Waals surface area (Å²) in [5.74, 6) is -0.594. The highest BCUT2D eigenvalue weighted by atomic mass is 35.5. The van der Waals surface area contributed by atoms with Gasteiger partial charge in [0.05, 0.1) is 11.4 Å². The molecule has 1 fully saturated rings. The van der Waals surface area contributed by atoms with E-state index in [9.17, 15) is 9.50 Å². The SMILES string of the molecule is Cl.Cl.Cl.Cl.Nc1nc(-c2nc(-c3ccnc(N)c3F)ccc2O)cc(C2CCNCC2)n1. The van der Waals surface area contributed by atoms with E-state index in [0.717, 1.165) is 31.6 Å². The van der Waals surface area contributed by atoms with Crippen molar-refractivity contribution in [2.45, 2.75) is 18.8 Å². The first-order valence-corrected chi connectivity index (χ1v) is 8.99. The lowest BCUT2D eigenvalue weighted by molar-refractivity contribution is 0.453. The fourth-order valence-corrected chi connectivity index (χ4v) is 3.38. The van der Waals surface area contributed by atoms with Crippen LogP contribution in [0, 0.1) is 5.82 Å². The number of aromatic hydroxyl groups is 1. The molecule has 32 heavy (non-hydrogen) atoms. The summed E-state index contributed by atoms with van der Waals surface area (Å²) in [6.45, 7) is 1.82. The summed E-state index contributed by atoms with van der Waals surface area (Å²) in [7, 11) is 0. The van der Waals surface area contributed by atoms with Crippen LogP contribution in [0.5, 0.6) is 5.75 Å². The predicted octanol–water partition coefficient (Wildman–Crippen LogP) is 3.76. The van der Waals surface area contributed by atoms with Crippen LogP contribution >= 0.6 is 49.6 Å². The summed E-state index contributed by atoms with van der Waals surface area (Å²) >= 11 is 0. The van der Waals surface area contributed by atoms with Crippen molar-refractivity contribution in [2.75, 3.05) is 24.6 Å². The molecule has 8 nitrogen and oxygen atoms in total. The second-order valence-corrected chi connectivity index (χ2v) is 6.68. The standard InChI is InChI=1S/C19H20FN7O.4ClH/c20-16-11(5-8-24-18(16)21)12-1-2-15(28)17(25-12)14-9-13(26-19(22)27-14)10-3-6-23-7-4-10;;;;/h1-2,5,8-10,23,28H,3-4,6-7H2,(H2,21,24)(H2,22,26,27);4*1H. The highest BCUT2D eigenvalue weighted by Crippen LogP contribution is 2.33. The molecule has 176 valence electrons. The molecule has 3 aromatic heterocycles. The highest BCUT2D eigenvalue weighted by molar-refractivity contribution is 5.86. The largest absolute Gasteiger partial charge is 0.506 e. The van der Waals surface area contributed by atoms with Gasteiger partial charge in [-0.1, -0.05) is 0 Å². The maximum Gasteiger partial charge on any atom is 0.220 e. The van der Waals surface area contributed by atoms with E-state index in [-0.39, 0.29) is 84.3 Å². The fourth-order valence-electron chi connectivity index (χ4n) is 3.38. The molecule has 0 atom stereocenters. The number of nitrogen functional groups attached to an aromatic ring is 2. The summed E-state index contributed by atoms with van der Waals surface area (Å²) in [6.07, 6.45) is 3.29. The van der Waals surface area contributed by atoms with E-state index in [1.54, 1.807) is 6.07 Å². The van der Waals surface area contributed by atoms with Crippen molar-refractivity contribution < 1.29 is 9.50 Å². The number of hydrogen-bond acceptors (Lipinski definition) is 8. The van der Waals surface area contributed by atoms with Gasteiger partial charge >= 0.3 is 0 Å². The Kier molecular flexibility index (Phi) is 11.9. The Bertz CT molecular complexity index is 1040. The maximum atomic E-state index is 14.4. The molecule has 0 radical (unpaired) electrons. The number of halogens is 5. The smallest absolute Gasteiger partial charge is 0.220 e. The first-order valence-electron chi connectivity index (χ1n) is 8.99. The second-order valence-electron chi connectivity index (χ2n) is 6.68. The van der Waals surface area contributed by atoms with Crippen LogP contribution in [0.15, 0.2) is 30.5 Å². The van der Waals surface area contributed by atoms with Crippen molar-refractivity contribution in [1.82, 2.24) is 25.3 Å². The van der Waals surface area contributed by atoms with Gasteiger partial charge in [0.25, 0.3) is 0 Å². The molecule has 1 aliphatic rings. The Morgan fingerprint density at radius 3 is 2.31 bits per heavy atom. The van der Waals surface area contributed by atoms with E-state index in [4.69, 9.17) is 11.5 Å². The fraction of sp³-hybridized carbons (Fsp3) is 0.263. The van der Waals surface area contributed by atoms with E-state index < -0.39 is 5.82 Å². The van der Waals surface area contributed by atoms with Crippen LogP contribution in [0.1, 0.15) is 24.5 Å². The van der Waals surface area contributed by atoms with Crippen molar-refractivity contribution in [3.05, 3.63) is 42.0 Å². The zero-order valence-electron chi connectivity index (χ0n) is 16.7. The van der Waals surface area contributed by atoms with Crippen molar-refractivity contribution in [2.24, 2.45) is 0 Å². The van der Waals surface area contributed by atoms with Crippen molar-refractivity contribution >= 4 is 61.4 Å². The number of nitrogens with zero attached hydrogens (tertiary/aromatic N) is 4.